The number of rotatable bonds is 3. The van der Waals surface area contributed by atoms with Crippen LogP contribution in [-0.4, -0.2) is 4.98 Å². The first-order valence-corrected chi connectivity index (χ1v) is 6.53. The first-order valence-electron chi connectivity index (χ1n) is 5.36. The SMILES string of the molecule is Cc1c(N)cnc(OCc2ccccc2Cl)c1Br. The normalized spacial score (nSPS) is 10.4. The zero-order valence-electron chi connectivity index (χ0n) is 9.78. The molecule has 2 aromatic rings. The number of hydrogen-bond acceptors (Lipinski definition) is 3. The molecule has 0 saturated carbocycles. The molecule has 1 aromatic carbocycles. The van der Waals surface area contributed by atoms with E-state index in [1.165, 1.54) is 0 Å². The summed E-state index contributed by atoms with van der Waals surface area (Å²) in [6.45, 7) is 2.28. The molecule has 2 N–H and O–H groups in total. The van der Waals surface area contributed by atoms with Crippen LogP contribution in [0.4, 0.5) is 5.69 Å². The Balaban J connectivity index is 2.17. The molecule has 0 aliphatic carbocycles. The Morgan fingerprint density at radius 1 is 1.39 bits per heavy atom. The van der Waals surface area contributed by atoms with Crippen LogP contribution in [0.3, 0.4) is 0 Å². The minimum absolute atomic E-state index is 0.370. The summed E-state index contributed by atoms with van der Waals surface area (Å²) in [4.78, 5) is 4.15. The Labute approximate surface area is 119 Å². The van der Waals surface area contributed by atoms with Crippen molar-refractivity contribution in [3.8, 4) is 5.88 Å². The third-order valence-electron chi connectivity index (χ3n) is 2.59. The highest BCUT2D eigenvalue weighted by Crippen LogP contribution is 2.30. The van der Waals surface area contributed by atoms with Crippen molar-refractivity contribution in [1.29, 1.82) is 0 Å². The van der Waals surface area contributed by atoms with Gasteiger partial charge in [0.25, 0.3) is 0 Å². The molecule has 2 rings (SSSR count). The summed E-state index contributed by atoms with van der Waals surface area (Å²) in [6, 6.07) is 7.55. The fraction of sp³-hybridized carbons (Fsp3) is 0.154. The molecule has 0 radical (unpaired) electrons. The second kappa shape index (κ2) is 5.59. The average Bonchev–Trinajstić information content (AvgIpc) is 2.37. The highest BCUT2D eigenvalue weighted by Gasteiger charge is 2.09. The maximum absolute atomic E-state index is 6.05. The van der Waals surface area contributed by atoms with Gasteiger partial charge in [-0.05, 0) is 34.5 Å². The Kier molecular flexibility index (Phi) is 4.09. The van der Waals surface area contributed by atoms with Crippen LogP contribution in [0.15, 0.2) is 34.9 Å². The van der Waals surface area contributed by atoms with E-state index in [1.54, 1.807) is 6.20 Å². The van der Waals surface area contributed by atoms with Crippen molar-refractivity contribution in [2.45, 2.75) is 13.5 Å². The van der Waals surface area contributed by atoms with Crippen LogP contribution in [0, 0.1) is 6.92 Å². The average molecular weight is 328 g/mol. The molecule has 1 heterocycles. The van der Waals surface area contributed by atoms with Gasteiger partial charge in [-0.25, -0.2) is 4.98 Å². The second-order valence-electron chi connectivity index (χ2n) is 3.84. The topological polar surface area (TPSA) is 48.1 Å². The van der Waals surface area contributed by atoms with E-state index in [4.69, 9.17) is 22.1 Å². The van der Waals surface area contributed by atoms with E-state index in [9.17, 15) is 0 Å². The summed E-state index contributed by atoms with van der Waals surface area (Å²) in [6.07, 6.45) is 1.59. The molecule has 0 saturated heterocycles. The minimum Gasteiger partial charge on any atom is -0.472 e. The number of nitrogens with two attached hydrogens (primary N) is 1. The molecule has 0 aliphatic rings. The van der Waals surface area contributed by atoms with Gasteiger partial charge >= 0.3 is 0 Å². The van der Waals surface area contributed by atoms with E-state index >= 15 is 0 Å². The van der Waals surface area contributed by atoms with E-state index in [0.717, 1.165) is 15.6 Å². The predicted molar refractivity (Wildman–Crippen MR) is 76.9 cm³/mol. The van der Waals surface area contributed by atoms with Crippen molar-refractivity contribution >= 4 is 33.2 Å². The Morgan fingerprint density at radius 3 is 2.83 bits per heavy atom. The van der Waals surface area contributed by atoms with E-state index in [-0.39, 0.29) is 0 Å². The van der Waals surface area contributed by atoms with Crippen molar-refractivity contribution in [2.75, 3.05) is 5.73 Å². The zero-order chi connectivity index (χ0) is 13.1. The molecule has 0 amide bonds. The second-order valence-corrected chi connectivity index (χ2v) is 5.04. The van der Waals surface area contributed by atoms with E-state index in [1.807, 2.05) is 31.2 Å². The van der Waals surface area contributed by atoms with E-state index < -0.39 is 0 Å². The lowest BCUT2D eigenvalue weighted by Crippen LogP contribution is -2.01. The molecule has 18 heavy (non-hydrogen) atoms. The van der Waals surface area contributed by atoms with Gasteiger partial charge in [0.2, 0.25) is 5.88 Å². The third-order valence-corrected chi connectivity index (χ3v) is 3.90. The van der Waals surface area contributed by atoms with Crippen molar-refractivity contribution in [2.24, 2.45) is 0 Å². The Morgan fingerprint density at radius 2 is 2.11 bits per heavy atom. The van der Waals surface area contributed by atoms with Crippen LogP contribution in [0.2, 0.25) is 5.02 Å². The highest BCUT2D eigenvalue weighted by molar-refractivity contribution is 9.10. The van der Waals surface area contributed by atoms with Gasteiger partial charge in [0, 0.05) is 10.6 Å². The number of halogens is 2. The number of nitrogen functional groups attached to an aromatic ring is 1. The van der Waals surface area contributed by atoms with E-state index in [2.05, 4.69) is 20.9 Å². The fourth-order valence-corrected chi connectivity index (χ4v) is 2.07. The van der Waals surface area contributed by atoms with Crippen molar-refractivity contribution < 1.29 is 4.74 Å². The number of benzene rings is 1. The maximum atomic E-state index is 6.05. The summed E-state index contributed by atoms with van der Waals surface area (Å²) in [5.74, 6) is 0.515. The molecule has 5 heteroatoms. The number of ether oxygens (including phenoxy) is 1. The van der Waals surface area contributed by atoms with Gasteiger partial charge in [-0.2, -0.15) is 0 Å². The van der Waals surface area contributed by atoms with Gasteiger partial charge in [-0.1, -0.05) is 29.8 Å². The minimum atomic E-state index is 0.370. The van der Waals surface area contributed by atoms with Crippen LogP contribution in [0.5, 0.6) is 5.88 Å². The highest BCUT2D eigenvalue weighted by atomic mass is 79.9. The van der Waals surface area contributed by atoms with Gasteiger partial charge in [0.15, 0.2) is 0 Å². The van der Waals surface area contributed by atoms with Gasteiger partial charge < -0.3 is 10.5 Å². The number of aromatic nitrogens is 1. The van der Waals surface area contributed by atoms with Crippen LogP contribution in [0.1, 0.15) is 11.1 Å². The van der Waals surface area contributed by atoms with Crippen molar-refractivity contribution in [3.05, 3.63) is 51.1 Å². The number of hydrogen-bond donors (Lipinski definition) is 1. The standard InChI is InChI=1S/C13H12BrClN2O/c1-8-11(16)6-17-13(12(8)14)18-7-9-4-2-3-5-10(9)15/h2-6H,7,16H2,1H3. The molecule has 0 spiro atoms. The molecule has 94 valence electrons. The molecule has 0 fully saturated rings. The third kappa shape index (κ3) is 2.76. The number of nitrogens with zero attached hydrogens (tertiary/aromatic N) is 1. The van der Waals surface area contributed by atoms with Crippen LogP contribution < -0.4 is 10.5 Å². The summed E-state index contributed by atoms with van der Waals surface area (Å²) in [7, 11) is 0. The molecule has 0 bridgehead atoms. The molecule has 0 aliphatic heterocycles. The molecule has 3 nitrogen and oxygen atoms in total. The number of anilines is 1. The monoisotopic (exact) mass is 326 g/mol. The molecular formula is C13H12BrClN2O. The maximum Gasteiger partial charge on any atom is 0.228 e. The van der Waals surface area contributed by atoms with Gasteiger partial charge in [0.1, 0.15) is 6.61 Å². The Hall–Kier alpha value is -1.26. The molecule has 1 aromatic heterocycles. The first kappa shape index (κ1) is 13.2. The van der Waals surface area contributed by atoms with Crippen molar-refractivity contribution in [1.82, 2.24) is 4.98 Å². The number of pyridine rings is 1. The quantitative estimate of drug-likeness (QED) is 0.928. The summed E-state index contributed by atoms with van der Waals surface area (Å²) in [5, 5.41) is 0.681. The molecular weight excluding hydrogens is 316 g/mol. The summed E-state index contributed by atoms with van der Waals surface area (Å²) >= 11 is 9.48. The predicted octanol–water partition coefficient (Wildman–Crippen LogP) is 3.97. The zero-order valence-corrected chi connectivity index (χ0v) is 12.1. The van der Waals surface area contributed by atoms with Gasteiger partial charge in [0.05, 0.1) is 16.4 Å². The lowest BCUT2D eigenvalue weighted by atomic mass is 10.2. The van der Waals surface area contributed by atoms with Gasteiger partial charge in [-0.15, -0.1) is 0 Å². The smallest absolute Gasteiger partial charge is 0.228 e. The van der Waals surface area contributed by atoms with Crippen molar-refractivity contribution in [3.63, 3.8) is 0 Å². The van der Waals surface area contributed by atoms with Crippen LogP contribution in [-0.2, 0) is 6.61 Å². The molecule has 0 unspecified atom stereocenters. The Bertz CT molecular complexity index is 575. The van der Waals surface area contributed by atoms with E-state index in [0.29, 0.717) is 23.2 Å². The summed E-state index contributed by atoms with van der Waals surface area (Å²) < 4.78 is 6.41. The lowest BCUT2D eigenvalue weighted by Gasteiger charge is -2.10. The van der Waals surface area contributed by atoms with Crippen LogP contribution in [0.25, 0.3) is 0 Å². The lowest BCUT2D eigenvalue weighted by molar-refractivity contribution is 0.291. The largest absolute Gasteiger partial charge is 0.472 e. The molecule has 0 atom stereocenters. The van der Waals surface area contributed by atoms with Crippen LogP contribution >= 0.6 is 27.5 Å². The van der Waals surface area contributed by atoms with Gasteiger partial charge in [-0.3, -0.25) is 0 Å². The first-order chi connectivity index (χ1) is 8.59. The summed E-state index contributed by atoms with van der Waals surface area (Å²) in [5.41, 5.74) is 8.22. The fourth-order valence-electron chi connectivity index (χ4n) is 1.43.